The molecule has 1 amide bonds. The predicted octanol–water partition coefficient (Wildman–Crippen LogP) is 4.18. The average Bonchev–Trinajstić information content (AvgIpc) is 2.60. The lowest BCUT2D eigenvalue weighted by Crippen LogP contribution is -2.11. The molecule has 0 aromatic heterocycles. The highest BCUT2D eigenvalue weighted by Crippen LogP contribution is 2.17. The molecule has 4 heteroatoms. The van der Waals surface area contributed by atoms with Crippen molar-refractivity contribution in [3.8, 4) is 5.75 Å². The maximum atomic E-state index is 12.1. The Morgan fingerprint density at radius 3 is 2.29 bits per heavy atom. The Labute approximate surface area is 143 Å². The minimum atomic E-state index is -0.118. The van der Waals surface area contributed by atoms with Crippen molar-refractivity contribution >= 4 is 11.6 Å². The van der Waals surface area contributed by atoms with Crippen LogP contribution in [0.2, 0.25) is 0 Å². The molecule has 2 aromatic carbocycles. The highest BCUT2D eigenvalue weighted by atomic mass is 16.5. The summed E-state index contributed by atoms with van der Waals surface area (Å²) in [7, 11) is 0. The van der Waals surface area contributed by atoms with Gasteiger partial charge in [0, 0.05) is 17.9 Å². The molecule has 0 saturated carbocycles. The molecule has 0 unspecified atom stereocenters. The predicted molar refractivity (Wildman–Crippen MR) is 96.6 cm³/mol. The van der Waals surface area contributed by atoms with Gasteiger partial charge in [-0.15, -0.1) is 0 Å². The van der Waals surface area contributed by atoms with E-state index in [9.17, 15) is 4.79 Å². The van der Waals surface area contributed by atoms with Crippen LogP contribution in [0.5, 0.6) is 5.75 Å². The first-order valence-corrected chi connectivity index (χ1v) is 8.41. The van der Waals surface area contributed by atoms with E-state index in [2.05, 4.69) is 5.32 Å². The summed E-state index contributed by atoms with van der Waals surface area (Å²) in [5.41, 5.74) is 2.52. The number of benzene rings is 2. The fourth-order valence-electron chi connectivity index (χ4n) is 2.30. The third-order valence-corrected chi connectivity index (χ3v) is 3.75. The summed E-state index contributed by atoms with van der Waals surface area (Å²) >= 11 is 0. The van der Waals surface area contributed by atoms with Crippen LogP contribution in [-0.2, 0) is 0 Å². The number of unbranched alkanes of at least 4 members (excludes halogenated alkanes) is 3. The molecule has 0 spiro atoms. The van der Waals surface area contributed by atoms with Gasteiger partial charge in [-0.1, -0.05) is 24.1 Å². The van der Waals surface area contributed by atoms with Crippen LogP contribution >= 0.6 is 0 Å². The standard InChI is InChI=1S/C20H25NO3/c1-16-6-8-17(9-7-16)20(23)21-18-10-12-19(13-11-18)24-15-5-3-2-4-14-22/h6-13,22H,2-5,14-15H2,1H3,(H,21,23). The Kier molecular flexibility index (Phi) is 7.30. The van der Waals surface area contributed by atoms with E-state index in [-0.39, 0.29) is 12.5 Å². The van der Waals surface area contributed by atoms with Gasteiger partial charge in [-0.3, -0.25) is 4.79 Å². The summed E-state index contributed by atoms with van der Waals surface area (Å²) in [4.78, 5) is 12.1. The summed E-state index contributed by atoms with van der Waals surface area (Å²) in [5.74, 6) is 0.679. The van der Waals surface area contributed by atoms with Crippen molar-refractivity contribution in [1.82, 2.24) is 0 Å². The molecule has 0 aliphatic heterocycles. The van der Waals surface area contributed by atoms with Crippen molar-refractivity contribution in [2.24, 2.45) is 0 Å². The number of rotatable bonds is 9. The van der Waals surface area contributed by atoms with Crippen molar-refractivity contribution < 1.29 is 14.6 Å². The zero-order chi connectivity index (χ0) is 17.2. The molecule has 4 nitrogen and oxygen atoms in total. The van der Waals surface area contributed by atoms with E-state index >= 15 is 0 Å². The van der Waals surface area contributed by atoms with Gasteiger partial charge in [0.1, 0.15) is 5.75 Å². The molecule has 0 bridgehead atoms. The second kappa shape index (κ2) is 9.73. The lowest BCUT2D eigenvalue weighted by Gasteiger charge is -2.08. The zero-order valence-corrected chi connectivity index (χ0v) is 14.1. The highest BCUT2D eigenvalue weighted by molar-refractivity contribution is 6.04. The second-order valence-corrected chi connectivity index (χ2v) is 5.83. The van der Waals surface area contributed by atoms with Crippen LogP contribution in [0, 0.1) is 6.92 Å². The Hall–Kier alpha value is -2.33. The summed E-state index contributed by atoms with van der Waals surface area (Å²) < 4.78 is 5.67. The van der Waals surface area contributed by atoms with Crippen LogP contribution in [-0.4, -0.2) is 24.2 Å². The SMILES string of the molecule is Cc1ccc(C(=O)Nc2ccc(OCCCCCCO)cc2)cc1. The number of carbonyl (C=O) groups is 1. The van der Waals surface area contributed by atoms with Crippen molar-refractivity contribution in [1.29, 1.82) is 0 Å². The summed E-state index contributed by atoms with van der Waals surface area (Å²) in [5, 5.41) is 11.6. The van der Waals surface area contributed by atoms with Crippen molar-refractivity contribution in [3.63, 3.8) is 0 Å². The maximum absolute atomic E-state index is 12.1. The number of carbonyl (C=O) groups excluding carboxylic acids is 1. The van der Waals surface area contributed by atoms with Gasteiger partial charge in [0.2, 0.25) is 0 Å². The van der Waals surface area contributed by atoms with Gasteiger partial charge >= 0.3 is 0 Å². The van der Waals surface area contributed by atoms with E-state index < -0.39 is 0 Å². The second-order valence-electron chi connectivity index (χ2n) is 5.83. The molecule has 0 atom stereocenters. The number of hydrogen-bond donors (Lipinski definition) is 2. The lowest BCUT2D eigenvalue weighted by molar-refractivity contribution is 0.102. The largest absolute Gasteiger partial charge is 0.494 e. The van der Waals surface area contributed by atoms with Gasteiger partial charge < -0.3 is 15.2 Å². The smallest absolute Gasteiger partial charge is 0.255 e. The van der Waals surface area contributed by atoms with E-state index in [1.54, 1.807) is 0 Å². The molecular formula is C20H25NO3. The molecule has 0 aliphatic carbocycles. The summed E-state index contributed by atoms with van der Waals surface area (Å²) in [6, 6.07) is 14.9. The van der Waals surface area contributed by atoms with Crippen LogP contribution in [0.25, 0.3) is 0 Å². The minimum Gasteiger partial charge on any atom is -0.494 e. The number of anilines is 1. The number of nitrogens with one attached hydrogen (secondary N) is 1. The first-order valence-electron chi connectivity index (χ1n) is 8.41. The fourth-order valence-corrected chi connectivity index (χ4v) is 2.30. The Bertz CT molecular complexity index is 620. The number of ether oxygens (including phenoxy) is 1. The van der Waals surface area contributed by atoms with E-state index in [0.717, 1.165) is 42.7 Å². The summed E-state index contributed by atoms with van der Waals surface area (Å²) in [6.45, 7) is 2.92. The third kappa shape index (κ3) is 6.05. The highest BCUT2D eigenvalue weighted by Gasteiger charge is 2.05. The topological polar surface area (TPSA) is 58.6 Å². The van der Waals surface area contributed by atoms with Gasteiger partial charge in [-0.2, -0.15) is 0 Å². The zero-order valence-electron chi connectivity index (χ0n) is 14.1. The third-order valence-electron chi connectivity index (χ3n) is 3.75. The number of aliphatic hydroxyl groups excluding tert-OH is 1. The van der Waals surface area contributed by atoms with Crippen LogP contribution in [0.3, 0.4) is 0 Å². The molecule has 0 fully saturated rings. The number of aryl methyl sites for hydroxylation is 1. The molecule has 128 valence electrons. The minimum absolute atomic E-state index is 0.118. The molecule has 2 rings (SSSR count). The lowest BCUT2D eigenvalue weighted by atomic mass is 10.1. The number of hydrogen-bond acceptors (Lipinski definition) is 3. The van der Waals surface area contributed by atoms with Gasteiger partial charge in [0.05, 0.1) is 6.61 Å². The van der Waals surface area contributed by atoms with Crippen LogP contribution in [0.15, 0.2) is 48.5 Å². The maximum Gasteiger partial charge on any atom is 0.255 e. The molecule has 0 saturated heterocycles. The molecule has 0 radical (unpaired) electrons. The number of amides is 1. The fraction of sp³-hybridized carbons (Fsp3) is 0.350. The van der Waals surface area contributed by atoms with Crippen molar-refractivity contribution in [3.05, 3.63) is 59.7 Å². The van der Waals surface area contributed by atoms with Crippen molar-refractivity contribution in [2.75, 3.05) is 18.5 Å². The van der Waals surface area contributed by atoms with Crippen molar-refractivity contribution in [2.45, 2.75) is 32.6 Å². The normalized spacial score (nSPS) is 10.4. The molecule has 0 aliphatic rings. The monoisotopic (exact) mass is 327 g/mol. The van der Waals surface area contributed by atoms with E-state index in [4.69, 9.17) is 9.84 Å². The van der Waals surface area contributed by atoms with Gasteiger partial charge in [-0.05, 0) is 62.6 Å². The van der Waals surface area contributed by atoms with Gasteiger partial charge in [0.15, 0.2) is 0 Å². The first-order chi connectivity index (χ1) is 11.7. The average molecular weight is 327 g/mol. The van der Waals surface area contributed by atoms with E-state index in [1.165, 1.54) is 0 Å². The quantitative estimate of drug-likeness (QED) is 0.679. The molecule has 24 heavy (non-hydrogen) atoms. The molecule has 2 N–H and O–H groups in total. The van der Waals surface area contributed by atoms with Gasteiger partial charge in [0.25, 0.3) is 5.91 Å². The Morgan fingerprint density at radius 2 is 1.62 bits per heavy atom. The van der Waals surface area contributed by atoms with E-state index in [0.29, 0.717) is 12.2 Å². The van der Waals surface area contributed by atoms with Crippen LogP contribution in [0.4, 0.5) is 5.69 Å². The van der Waals surface area contributed by atoms with Crippen LogP contribution < -0.4 is 10.1 Å². The molecule has 2 aromatic rings. The molecular weight excluding hydrogens is 302 g/mol. The molecule has 0 heterocycles. The number of aliphatic hydroxyl groups is 1. The van der Waals surface area contributed by atoms with Gasteiger partial charge in [-0.25, -0.2) is 0 Å². The Balaban J connectivity index is 1.77. The van der Waals surface area contributed by atoms with Crippen LogP contribution in [0.1, 0.15) is 41.6 Å². The first kappa shape index (κ1) is 18.0. The Morgan fingerprint density at radius 1 is 0.958 bits per heavy atom. The summed E-state index contributed by atoms with van der Waals surface area (Å²) in [6.07, 6.45) is 3.93. The van der Waals surface area contributed by atoms with E-state index in [1.807, 2.05) is 55.5 Å².